The van der Waals surface area contributed by atoms with Gasteiger partial charge in [0.25, 0.3) is 0 Å². The van der Waals surface area contributed by atoms with E-state index < -0.39 is 6.04 Å². The molecule has 0 aromatic heterocycles. The molecule has 2 amide bonds. The van der Waals surface area contributed by atoms with Crippen LogP contribution in [0.25, 0.3) is 0 Å². The number of hydrogen-bond acceptors (Lipinski definition) is 2. The first-order valence-electron chi connectivity index (χ1n) is 11.9. The van der Waals surface area contributed by atoms with Gasteiger partial charge in [-0.2, -0.15) is 0 Å². The first kappa shape index (κ1) is 26.8. The van der Waals surface area contributed by atoms with Crippen molar-refractivity contribution in [3.63, 3.8) is 0 Å². The predicted molar refractivity (Wildman–Crippen MR) is 144 cm³/mol. The fourth-order valence-corrected chi connectivity index (χ4v) is 4.50. The highest BCUT2D eigenvalue weighted by Gasteiger charge is 2.30. The standard InChI is InChI=1S/C29H32Cl2N2O2/c1-20(2)18-32-29(35)21(3)33(19-25-26(30)15-10-16-27(25)31)28(34)17-24(22-11-6-4-7-12-22)23-13-8-5-9-14-23/h4-16,20-21,24H,17-19H2,1-3H3,(H,32,35)/t21-/m0/s1. The lowest BCUT2D eigenvalue weighted by molar-refractivity contribution is -0.140. The van der Waals surface area contributed by atoms with Crippen molar-refractivity contribution in [1.29, 1.82) is 0 Å². The third kappa shape index (κ3) is 7.33. The molecule has 0 aliphatic carbocycles. The number of benzene rings is 3. The van der Waals surface area contributed by atoms with Crippen molar-refractivity contribution >= 4 is 35.0 Å². The smallest absolute Gasteiger partial charge is 0.242 e. The van der Waals surface area contributed by atoms with Crippen LogP contribution in [0.4, 0.5) is 0 Å². The summed E-state index contributed by atoms with van der Waals surface area (Å²) in [5.41, 5.74) is 2.71. The minimum atomic E-state index is -0.694. The van der Waals surface area contributed by atoms with Crippen LogP contribution >= 0.6 is 23.2 Å². The number of carbonyl (C=O) groups excluding carboxylic acids is 2. The molecule has 1 N–H and O–H groups in total. The molecule has 1 atom stereocenters. The monoisotopic (exact) mass is 510 g/mol. The molecule has 6 heteroatoms. The summed E-state index contributed by atoms with van der Waals surface area (Å²) in [6.07, 6.45) is 0.206. The van der Waals surface area contributed by atoms with Crippen LogP contribution in [0.15, 0.2) is 78.9 Å². The molecule has 0 aliphatic rings. The molecule has 3 rings (SSSR count). The number of carbonyl (C=O) groups is 2. The third-order valence-electron chi connectivity index (χ3n) is 6.02. The number of halogens is 2. The van der Waals surface area contributed by atoms with E-state index in [4.69, 9.17) is 23.2 Å². The molecule has 0 heterocycles. The van der Waals surface area contributed by atoms with Crippen LogP contribution in [-0.4, -0.2) is 29.3 Å². The van der Waals surface area contributed by atoms with Gasteiger partial charge in [0.15, 0.2) is 0 Å². The van der Waals surface area contributed by atoms with Gasteiger partial charge in [0.05, 0.1) is 0 Å². The molecule has 0 saturated heterocycles. The number of rotatable bonds is 10. The predicted octanol–water partition coefficient (Wildman–Crippen LogP) is 6.70. The molecule has 0 spiro atoms. The van der Waals surface area contributed by atoms with E-state index in [0.717, 1.165) is 11.1 Å². The molecule has 0 fully saturated rings. The summed E-state index contributed by atoms with van der Waals surface area (Å²) in [5.74, 6) is -0.203. The molecule has 3 aromatic rings. The van der Waals surface area contributed by atoms with Gasteiger partial charge >= 0.3 is 0 Å². The number of nitrogens with zero attached hydrogens (tertiary/aromatic N) is 1. The summed E-state index contributed by atoms with van der Waals surface area (Å²) in [6, 6.07) is 24.5. The van der Waals surface area contributed by atoms with Gasteiger partial charge in [-0.05, 0) is 36.1 Å². The molecular weight excluding hydrogens is 479 g/mol. The quantitative estimate of drug-likeness (QED) is 0.329. The number of nitrogens with one attached hydrogen (secondary N) is 1. The normalized spacial score (nSPS) is 12.0. The second-order valence-electron chi connectivity index (χ2n) is 9.11. The summed E-state index contributed by atoms with van der Waals surface area (Å²) in [5, 5.41) is 3.88. The largest absolute Gasteiger partial charge is 0.354 e. The van der Waals surface area contributed by atoms with Gasteiger partial charge in [-0.15, -0.1) is 0 Å². The zero-order chi connectivity index (χ0) is 25.4. The Kier molecular flexibility index (Phi) is 9.76. The van der Waals surface area contributed by atoms with Crippen LogP contribution in [0.5, 0.6) is 0 Å². The van der Waals surface area contributed by atoms with E-state index in [-0.39, 0.29) is 30.7 Å². The van der Waals surface area contributed by atoms with E-state index in [1.54, 1.807) is 30.0 Å². The summed E-state index contributed by atoms with van der Waals surface area (Å²) in [4.78, 5) is 28.5. The van der Waals surface area contributed by atoms with Crippen molar-refractivity contribution in [2.75, 3.05) is 6.54 Å². The number of amides is 2. The van der Waals surface area contributed by atoms with E-state index >= 15 is 0 Å². The lowest BCUT2D eigenvalue weighted by Crippen LogP contribution is -2.48. The minimum Gasteiger partial charge on any atom is -0.354 e. The summed E-state index contributed by atoms with van der Waals surface area (Å²) in [6.45, 7) is 6.49. The molecule has 4 nitrogen and oxygen atoms in total. The van der Waals surface area contributed by atoms with Gasteiger partial charge in [0.1, 0.15) is 6.04 Å². The molecule has 0 aliphatic heterocycles. The Morgan fingerprint density at radius 3 is 1.80 bits per heavy atom. The summed E-state index contributed by atoms with van der Waals surface area (Å²) >= 11 is 12.9. The Bertz CT molecular complexity index is 1060. The van der Waals surface area contributed by atoms with Gasteiger partial charge < -0.3 is 10.2 Å². The van der Waals surface area contributed by atoms with Crippen molar-refractivity contribution in [3.8, 4) is 0 Å². The maximum atomic E-state index is 13.9. The zero-order valence-corrected chi connectivity index (χ0v) is 21.9. The SMILES string of the molecule is CC(C)CNC(=O)[C@H](C)N(Cc1c(Cl)cccc1Cl)C(=O)CC(c1ccccc1)c1ccccc1. The second kappa shape index (κ2) is 12.8. The number of hydrogen-bond donors (Lipinski definition) is 1. The topological polar surface area (TPSA) is 49.4 Å². The average Bonchev–Trinajstić information content (AvgIpc) is 2.86. The van der Waals surface area contributed by atoms with E-state index in [1.807, 2.05) is 74.5 Å². The molecule has 35 heavy (non-hydrogen) atoms. The highest BCUT2D eigenvalue weighted by Crippen LogP contribution is 2.31. The Morgan fingerprint density at radius 1 is 0.800 bits per heavy atom. The Labute approximate surface area is 218 Å². The van der Waals surface area contributed by atoms with Gasteiger partial charge in [0, 0.05) is 41.0 Å². The van der Waals surface area contributed by atoms with Gasteiger partial charge in [-0.1, -0.05) is 104 Å². The summed E-state index contributed by atoms with van der Waals surface area (Å²) < 4.78 is 0. The van der Waals surface area contributed by atoms with E-state index in [1.165, 1.54) is 0 Å². The highest BCUT2D eigenvalue weighted by molar-refractivity contribution is 6.36. The fraction of sp³-hybridized carbons (Fsp3) is 0.310. The maximum absolute atomic E-state index is 13.9. The van der Waals surface area contributed by atoms with Gasteiger partial charge in [-0.25, -0.2) is 0 Å². The zero-order valence-electron chi connectivity index (χ0n) is 20.4. The first-order chi connectivity index (χ1) is 16.8. The van der Waals surface area contributed by atoms with Crippen molar-refractivity contribution < 1.29 is 9.59 Å². The van der Waals surface area contributed by atoms with E-state index in [2.05, 4.69) is 5.32 Å². The summed E-state index contributed by atoms with van der Waals surface area (Å²) in [7, 11) is 0. The Balaban J connectivity index is 1.94. The average molecular weight is 511 g/mol. The maximum Gasteiger partial charge on any atom is 0.242 e. The Morgan fingerprint density at radius 2 is 1.31 bits per heavy atom. The second-order valence-corrected chi connectivity index (χ2v) is 9.93. The van der Waals surface area contributed by atoms with Crippen LogP contribution in [0.2, 0.25) is 10.0 Å². The van der Waals surface area contributed by atoms with Crippen LogP contribution in [-0.2, 0) is 16.1 Å². The molecule has 0 radical (unpaired) electrons. The van der Waals surface area contributed by atoms with Crippen molar-refractivity contribution in [3.05, 3.63) is 106 Å². The molecule has 0 unspecified atom stereocenters. The Hall–Kier alpha value is -2.82. The lowest BCUT2D eigenvalue weighted by Gasteiger charge is -2.31. The molecule has 3 aromatic carbocycles. The highest BCUT2D eigenvalue weighted by atomic mass is 35.5. The molecule has 184 valence electrons. The third-order valence-corrected chi connectivity index (χ3v) is 6.73. The first-order valence-corrected chi connectivity index (χ1v) is 12.6. The van der Waals surface area contributed by atoms with Crippen LogP contribution in [0.3, 0.4) is 0 Å². The minimum absolute atomic E-state index is 0.143. The van der Waals surface area contributed by atoms with Crippen molar-refractivity contribution in [2.45, 2.75) is 45.7 Å². The van der Waals surface area contributed by atoms with Crippen LogP contribution < -0.4 is 5.32 Å². The molecular formula is C29H32Cl2N2O2. The van der Waals surface area contributed by atoms with Crippen molar-refractivity contribution in [1.82, 2.24) is 10.2 Å². The fourth-order valence-electron chi connectivity index (χ4n) is 3.98. The lowest BCUT2D eigenvalue weighted by atomic mass is 9.88. The van der Waals surface area contributed by atoms with Crippen molar-refractivity contribution in [2.24, 2.45) is 5.92 Å². The van der Waals surface area contributed by atoms with E-state index in [9.17, 15) is 9.59 Å². The van der Waals surface area contributed by atoms with Gasteiger partial charge in [-0.3, -0.25) is 9.59 Å². The van der Waals surface area contributed by atoms with Gasteiger partial charge in [0.2, 0.25) is 11.8 Å². The van der Waals surface area contributed by atoms with Crippen LogP contribution in [0, 0.1) is 5.92 Å². The molecule has 0 bridgehead atoms. The van der Waals surface area contributed by atoms with Crippen LogP contribution in [0.1, 0.15) is 49.8 Å². The molecule has 0 saturated carbocycles. The van der Waals surface area contributed by atoms with E-state index in [0.29, 0.717) is 28.1 Å².